The molecular weight excluding hydrogens is 228 g/mol. The summed E-state index contributed by atoms with van der Waals surface area (Å²) in [5.41, 5.74) is 1.85. The Morgan fingerprint density at radius 2 is 2.06 bits per heavy atom. The molecule has 2 amide bonds. The van der Waals surface area contributed by atoms with E-state index in [1.807, 2.05) is 13.8 Å². The topological polar surface area (TPSA) is 66.9 Å². The largest absolute Gasteiger partial charge is 0.336 e. The lowest BCUT2D eigenvalue weighted by molar-refractivity contribution is 0.238. The Labute approximate surface area is 108 Å². The van der Waals surface area contributed by atoms with Gasteiger partial charge in [-0.25, -0.2) is 14.8 Å². The molecule has 0 spiro atoms. The van der Waals surface area contributed by atoms with Crippen molar-refractivity contribution in [3.8, 4) is 0 Å². The molecule has 18 heavy (non-hydrogen) atoms. The molecule has 2 N–H and O–H groups in total. The molecule has 0 aliphatic rings. The van der Waals surface area contributed by atoms with E-state index in [9.17, 15) is 4.79 Å². The molecular formula is C13H22N4O. The van der Waals surface area contributed by atoms with Crippen LogP contribution < -0.4 is 10.6 Å². The lowest BCUT2D eigenvalue weighted by Crippen LogP contribution is -2.39. The Kier molecular flexibility index (Phi) is 4.64. The standard InChI is InChI=1S/C13H22N4O/c1-9(2)17-12(18)15-7-10-6-14-8-16-11(10)13(3,4)5/h6,8-9H,7H2,1-5H3,(H2,15,17,18). The van der Waals surface area contributed by atoms with E-state index >= 15 is 0 Å². The van der Waals surface area contributed by atoms with Crippen LogP contribution in [0.5, 0.6) is 0 Å². The van der Waals surface area contributed by atoms with Gasteiger partial charge in [-0.1, -0.05) is 20.8 Å². The molecule has 100 valence electrons. The highest BCUT2D eigenvalue weighted by Crippen LogP contribution is 2.22. The monoisotopic (exact) mass is 250 g/mol. The van der Waals surface area contributed by atoms with Crippen LogP contribution in [0.3, 0.4) is 0 Å². The SMILES string of the molecule is CC(C)NC(=O)NCc1cncnc1C(C)(C)C. The minimum Gasteiger partial charge on any atom is -0.336 e. The quantitative estimate of drug-likeness (QED) is 0.862. The van der Waals surface area contributed by atoms with E-state index in [1.165, 1.54) is 6.33 Å². The summed E-state index contributed by atoms with van der Waals surface area (Å²) in [6, 6.07) is -0.0483. The van der Waals surface area contributed by atoms with Crippen molar-refractivity contribution in [3.63, 3.8) is 0 Å². The van der Waals surface area contributed by atoms with E-state index in [4.69, 9.17) is 0 Å². The van der Waals surface area contributed by atoms with Crippen molar-refractivity contribution in [2.75, 3.05) is 0 Å². The van der Waals surface area contributed by atoms with Gasteiger partial charge in [-0.05, 0) is 13.8 Å². The molecule has 0 aliphatic carbocycles. The first-order chi connectivity index (χ1) is 8.30. The van der Waals surface area contributed by atoms with E-state index in [2.05, 4.69) is 41.4 Å². The molecule has 0 bridgehead atoms. The average molecular weight is 250 g/mol. The molecule has 5 heteroatoms. The number of amides is 2. The predicted octanol–water partition coefficient (Wildman–Crippen LogP) is 1.98. The normalized spacial score (nSPS) is 11.4. The zero-order chi connectivity index (χ0) is 13.8. The van der Waals surface area contributed by atoms with Crippen molar-refractivity contribution in [1.29, 1.82) is 0 Å². The third-order valence-electron chi connectivity index (χ3n) is 2.36. The van der Waals surface area contributed by atoms with Gasteiger partial charge in [0.2, 0.25) is 0 Å². The van der Waals surface area contributed by atoms with E-state index < -0.39 is 0 Å². The van der Waals surface area contributed by atoms with Gasteiger partial charge in [-0.15, -0.1) is 0 Å². The zero-order valence-corrected chi connectivity index (χ0v) is 11.7. The summed E-state index contributed by atoms with van der Waals surface area (Å²) >= 11 is 0. The van der Waals surface area contributed by atoms with Gasteiger partial charge in [0.1, 0.15) is 6.33 Å². The van der Waals surface area contributed by atoms with Gasteiger partial charge in [0.15, 0.2) is 0 Å². The van der Waals surface area contributed by atoms with Gasteiger partial charge in [0, 0.05) is 29.8 Å². The summed E-state index contributed by atoms with van der Waals surface area (Å²) in [6.07, 6.45) is 3.29. The maximum Gasteiger partial charge on any atom is 0.315 e. The van der Waals surface area contributed by atoms with Crippen molar-refractivity contribution in [2.24, 2.45) is 0 Å². The van der Waals surface area contributed by atoms with Gasteiger partial charge in [0.25, 0.3) is 0 Å². The summed E-state index contributed by atoms with van der Waals surface area (Å²) in [6.45, 7) is 10.6. The molecule has 0 saturated heterocycles. The van der Waals surface area contributed by atoms with Gasteiger partial charge in [-0.2, -0.15) is 0 Å². The van der Waals surface area contributed by atoms with Crippen molar-refractivity contribution in [3.05, 3.63) is 23.8 Å². The Hall–Kier alpha value is -1.65. The smallest absolute Gasteiger partial charge is 0.315 e. The van der Waals surface area contributed by atoms with Crippen LogP contribution in [-0.4, -0.2) is 22.0 Å². The molecule has 0 aliphatic heterocycles. The van der Waals surface area contributed by atoms with Crippen molar-refractivity contribution >= 4 is 6.03 Å². The molecule has 0 unspecified atom stereocenters. The average Bonchev–Trinajstić information content (AvgIpc) is 2.24. The number of nitrogens with one attached hydrogen (secondary N) is 2. The first kappa shape index (κ1) is 14.4. The third-order valence-corrected chi connectivity index (χ3v) is 2.36. The summed E-state index contributed by atoms with van der Waals surface area (Å²) in [7, 11) is 0. The molecule has 5 nitrogen and oxygen atoms in total. The number of carbonyl (C=O) groups excluding carboxylic acids is 1. The Morgan fingerprint density at radius 3 is 2.61 bits per heavy atom. The van der Waals surface area contributed by atoms with Crippen LogP contribution in [0, 0.1) is 0 Å². The summed E-state index contributed by atoms with van der Waals surface area (Å²) in [5, 5.41) is 5.59. The highest BCUT2D eigenvalue weighted by molar-refractivity contribution is 5.74. The van der Waals surface area contributed by atoms with E-state index in [0.717, 1.165) is 11.3 Å². The molecule has 0 atom stereocenters. The van der Waals surface area contributed by atoms with E-state index in [-0.39, 0.29) is 17.5 Å². The fraction of sp³-hybridized carbons (Fsp3) is 0.615. The Bertz CT molecular complexity index is 410. The van der Waals surface area contributed by atoms with Crippen molar-refractivity contribution in [2.45, 2.75) is 52.6 Å². The molecule has 1 heterocycles. The number of urea groups is 1. The fourth-order valence-corrected chi connectivity index (χ4v) is 1.65. The maximum absolute atomic E-state index is 11.5. The minimum atomic E-state index is -0.172. The van der Waals surface area contributed by atoms with Crippen LogP contribution in [0.1, 0.15) is 45.9 Å². The molecule has 1 rings (SSSR count). The highest BCUT2D eigenvalue weighted by atomic mass is 16.2. The molecule has 0 radical (unpaired) electrons. The maximum atomic E-state index is 11.5. The number of nitrogens with zero attached hydrogens (tertiary/aromatic N) is 2. The van der Waals surface area contributed by atoms with Crippen LogP contribution in [0.25, 0.3) is 0 Å². The van der Waals surface area contributed by atoms with Crippen LogP contribution in [0.2, 0.25) is 0 Å². The van der Waals surface area contributed by atoms with Gasteiger partial charge >= 0.3 is 6.03 Å². The number of rotatable bonds is 3. The molecule has 0 aromatic carbocycles. The minimum absolute atomic E-state index is 0.0610. The third kappa shape index (κ3) is 4.31. The van der Waals surface area contributed by atoms with E-state index in [0.29, 0.717) is 6.54 Å². The lowest BCUT2D eigenvalue weighted by Gasteiger charge is -2.21. The van der Waals surface area contributed by atoms with Gasteiger partial charge in [0.05, 0.1) is 5.69 Å². The molecule has 0 fully saturated rings. The zero-order valence-electron chi connectivity index (χ0n) is 11.7. The Morgan fingerprint density at radius 1 is 1.39 bits per heavy atom. The Balaban J connectivity index is 2.71. The summed E-state index contributed by atoms with van der Waals surface area (Å²) in [5.74, 6) is 0. The number of hydrogen-bond donors (Lipinski definition) is 2. The first-order valence-corrected chi connectivity index (χ1v) is 6.14. The predicted molar refractivity (Wildman–Crippen MR) is 71.2 cm³/mol. The van der Waals surface area contributed by atoms with Crippen LogP contribution in [0.4, 0.5) is 4.79 Å². The lowest BCUT2D eigenvalue weighted by atomic mass is 9.89. The number of aromatic nitrogens is 2. The van der Waals surface area contributed by atoms with Gasteiger partial charge < -0.3 is 10.6 Å². The van der Waals surface area contributed by atoms with Gasteiger partial charge in [-0.3, -0.25) is 0 Å². The van der Waals surface area contributed by atoms with Crippen LogP contribution >= 0.6 is 0 Å². The molecule has 0 saturated carbocycles. The van der Waals surface area contributed by atoms with Crippen LogP contribution in [0.15, 0.2) is 12.5 Å². The fourth-order valence-electron chi connectivity index (χ4n) is 1.65. The second kappa shape index (κ2) is 5.80. The number of carbonyl (C=O) groups is 1. The summed E-state index contributed by atoms with van der Waals surface area (Å²) < 4.78 is 0. The molecule has 1 aromatic rings. The van der Waals surface area contributed by atoms with Crippen molar-refractivity contribution < 1.29 is 4.79 Å². The second-order valence-corrected chi connectivity index (χ2v) is 5.63. The first-order valence-electron chi connectivity index (χ1n) is 6.14. The van der Waals surface area contributed by atoms with Crippen LogP contribution in [-0.2, 0) is 12.0 Å². The molecule has 1 aromatic heterocycles. The van der Waals surface area contributed by atoms with Crippen molar-refractivity contribution in [1.82, 2.24) is 20.6 Å². The van der Waals surface area contributed by atoms with E-state index in [1.54, 1.807) is 6.20 Å². The number of hydrogen-bond acceptors (Lipinski definition) is 3. The summed E-state index contributed by atoms with van der Waals surface area (Å²) in [4.78, 5) is 19.8. The highest BCUT2D eigenvalue weighted by Gasteiger charge is 2.19. The second-order valence-electron chi connectivity index (χ2n) is 5.63.